The zero-order chi connectivity index (χ0) is 11.7. The summed E-state index contributed by atoms with van der Waals surface area (Å²) in [5.74, 6) is 1.52. The second-order valence-corrected chi connectivity index (χ2v) is 3.63. The average Bonchev–Trinajstić information content (AvgIpc) is 2.83. The van der Waals surface area contributed by atoms with Crippen LogP contribution in [-0.4, -0.2) is 21.6 Å². The average molecular weight is 225 g/mol. The van der Waals surface area contributed by atoms with E-state index in [1.165, 1.54) is 0 Å². The van der Waals surface area contributed by atoms with Crippen LogP contribution in [-0.2, 0) is 0 Å². The van der Waals surface area contributed by atoms with Crippen molar-refractivity contribution in [2.75, 3.05) is 7.11 Å². The predicted molar refractivity (Wildman–Crippen MR) is 65.4 cm³/mol. The highest BCUT2D eigenvalue weighted by Crippen LogP contribution is 2.27. The van der Waals surface area contributed by atoms with Gasteiger partial charge in [0.25, 0.3) is 0 Å². The summed E-state index contributed by atoms with van der Waals surface area (Å²) in [7, 11) is 1.67. The molecule has 0 saturated heterocycles. The largest absolute Gasteiger partial charge is 0.496 e. The summed E-state index contributed by atoms with van der Waals surface area (Å²) >= 11 is 0. The van der Waals surface area contributed by atoms with E-state index in [1.807, 2.05) is 35.0 Å². The smallest absolute Gasteiger partial charge is 0.234 e. The number of hydrogen-bond donors (Lipinski definition) is 0. The molecule has 0 unspecified atom stereocenters. The van der Waals surface area contributed by atoms with Crippen LogP contribution < -0.4 is 4.74 Å². The number of ether oxygens (including phenoxy) is 1. The van der Waals surface area contributed by atoms with Crippen molar-refractivity contribution in [2.45, 2.75) is 0 Å². The number of methoxy groups -OCH3 is 1. The molecule has 0 radical (unpaired) electrons. The van der Waals surface area contributed by atoms with Crippen LogP contribution in [0.4, 0.5) is 0 Å². The van der Waals surface area contributed by atoms with Crippen molar-refractivity contribution in [2.24, 2.45) is 0 Å². The summed E-state index contributed by atoms with van der Waals surface area (Å²) in [5, 5.41) is 1.06. The summed E-state index contributed by atoms with van der Waals surface area (Å²) < 4.78 is 7.26. The fourth-order valence-electron chi connectivity index (χ4n) is 1.91. The number of rotatable bonds is 2. The maximum atomic E-state index is 5.32. The van der Waals surface area contributed by atoms with Gasteiger partial charge < -0.3 is 4.74 Å². The molecule has 3 aromatic rings. The molecule has 0 amide bonds. The van der Waals surface area contributed by atoms with E-state index in [4.69, 9.17) is 4.74 Å². The second kappa shape index (κ2) is 3.90. The lowest BCUT2D eigenvalue weighted by molar-refractivity contribution is 0.420. The molecule has 1 aromatic carbocycles. The zero-order valence-electron chi connectivity index (χ0n) is 9.37. The van der Waals surface area contributed by atoms with E-state index in [9.17, 15) is 0 Å². The molecule has 2 aromatic heterocycles. The molecule has 0 fully saturated rings. The van der Waals surface area contributed by atoms with Crippen molar-refractivity contribution in [3.8, 4) is 11.7 Å². The Bertz CT molecular complexity index is 646. The Balaban J connectivity index is 2.26. The van der Waals surface area contributed by atoms with E-state index >= 15 is 0 Å². The van der Waals surface area contributed by atoms with Gasteiger partial charge in [0.1, 0.15) is 5.75 Å². The van der Waals surface area contributed by atoms with E-state index < -0.39 is 0 Å². The van der Waals surface area contributed by atoms with Crippen LogP contribution in [0.25, 0.3) is 16.9 Å². The minimum atomic E-state index is 0.663. The highest BCUT2D eigenvalue weighted by Gasteiger charge is 2.07. The molecule has 84 valence electrons. The first-order chi connectivity index (χ1) is 8.40. The van der Waals surface area contributed by atoms with Gasteiger partial charge in [-0.15, -0.1) is 0 Å². The van der Waals surface area contributed by atoms with Gasteiger partial charge >= 0.3 is 0 Å². The van der Waals surface area contributed by atoms with Crippen LogP contribution >= 0.6 is 0 Å². The summed E-state index contributed by atoms with van der Waals surface area (Å²) in [5.41, 5.74) is 1.04. The molecule has 4 heteroatoms. The Hall–Kier alpha value is -2.36. The molecule has 0 spiro atoms. The van der Waals surface area contributed by atoms with Crippen molar-refractivity contribution in [1.82, 2.24) is 14.5 Å². The molecule has 0 atom stereocenters. The molecule has 17 heavy (non-hydrogen) atoms. The summed E-state index contributed by atoms with van der Waals surface area (Å²) in [6.07, 6.45) is 5.41. The summed E-state index contributed by atoms with van der Waals surface area (Å²) in [6.45, 7) is 0. The lowest BCUT2D eigenvalue weighted by Gasteiger charge is -2.04. The number of benzene rings is 1. The van der Waals surface area contributed by atoms with Gasteiger partial charge in [0.05, 0.1) is 12.6 Å². The Morgan fingerprint density at radius 3 is 2.65 bits per heavy atom. The molecular weight excluding hydrogens is 214 g/mol. The number of aromatic nitrogens is 3. The van der Waals surface area contributed by atoms with E-state index in [-0.39, 0.29) is 0 Å². The molecule has 0 bridgehead atoms. The van der Waals surface area contributed by atoms with Crippen molar-refractivity contribution < 1.29 is 4.74 Å². The van der Waals surface area contributed by atoms with Crippen molar-refractivity contribution in [1.29, 1.82) is 0 Å². The normalized spacial score (nSPS) is 10.6. The second-order valence-electron chi connectivity index (χ2n) is 3.63. The highest BCUT2D eigenvalue weighted by molar-refractivity contribution is 5.87. The standard InChI is InChI=1S/C13H11N3O/c1-17-12-5-2-4-11-10(12)6-9-16(11)13-14-7-3-8-15-13/h2-9H,1H3. The van der Waals surface area contributed by atoms with Crippen LogP contribution in [0.15, 0.2) is 48.9 Å². The van der Waals surface area contributed by atoms with E-state index in [2.05, 4.69) is 9.97 Å². The quantitative estimate of drug-likeness (QED) is 0.672. The van der Waals surface area contributed by atoms with Crippen molar-refractivity contribution in [3.63, 3.8) is 0 Å². The molecule has 4 nitrogen and oxygen atoms in total. The maximum absolute atomic E-state index is 5.32. The van der Waals surface area contributed by atoms with Crippen molar-refractivity contribution in [3.05, 3.63) is 48.9 Å². The molecule has 0 aliphatic rings. The SMILES string of the molecule is COc1cccc2c1ccn2-c1ncccn1. The fraction of sp³-hybridized carbons (Fsp3) is 0.0769. The highest BCUT2D eigenvalue weighted by atomic mass is 16.5. The van der Waals surface area contributed by atoms with Gasteiger partial charge in [0, 0.05) is 24.0 Å². The minimum Gasteiger partial charge on any atom is -0.496 e. The molecule has 0 saturated carbocycles. The van der Waals surface area contributed by atoms with Gasteiger partial charge in [0.15, 0.2) is 0 Å². The Kier molecular flexibility index (Phi) is 2.26. The molecule has 2 heterocycles. The van der Waals surface area contributed by atoms with Gasteiger partial charge in [-0.1, -0.05) is 6.07 Å². The fourth-order valence-corrected chi connectivity index (χ4v) is 1.91. The van der Waals surface area contributed by atoms with Crippen LogP contribution in [0.2, 0.25) is 0 Å². The Labute approximate surface area is 98.5 Å². The number of nitrogens with zero attached hydrogens (tertiary/aromatic N) is 3. The number of fused-ring (bicyclic) bond motifs is 1. The van der Waals surface area contributed by atoms with E-state index in [1.54, 1.807) is 25.6 Å². The molecule has 0 aliphatic carbocycles. The van der Waals surface area contributed by atoms with Crippen molar-refractivity contribution >= 4 is 10.9 Å². The Morgan fingerprint density at radius 2 is 1.88 bits per heavy atom. The van der Waals surface area contributed by atoms with Crippen LogP contribution in [0.5, 0.6) is 5.75 Å². The van der Waals surface area contributed by atoms with Gasteiger partial charge in [-0.2, -0.15) is 0 Å². The van der Waals surface area contributed by atoms with Crippen LogP contribution in [0.1, 0.15) is 0 Å². The lowest BCUT2D eigenvalue weighted by atomic mass is 10.2. The van der Waals surface area contributed by atoms with Gasteiger partial charge in [0.2, 0.25) is 5.95 Å². The third-order valence-corrected chi connectivity index (χ3v) is 2.68. The van der Waals surface area contributed by atoms with E-state index in [0.717, 1.165) is 16.7 Å². The third-order valence-electron chi connectivity index (χ3n) is 2.68. The molecular formula is C13H11N3O. The lowest BCUT2D eigenvalue weighted by Crippen LogP contribution is -1.97. The molecule has 0 N–H and O–H groups in total. The molecule has 3 rings (SSSR count). The monoisotopic (exact) mass is 225 g/mol. The van der Waals surface area contributed by atoms with E-state index in [0.29, 0.717) is 5.95 Å². The first-order valence-corrected chi connectivity index (χ1v) is 5.31. The first-order valence-electron chi connectivity index (χ1n) is 5.31. The Morgan fingerprint density at radius 1 is 1.06 bits per heavy atom. The third kappa shape index (κ3) is 1.54. The first kappa shape index (κ1) is 9.84. The summed E-state index contributed by atoms with van der Waals surface area (Å²) in [4.78, 5) is 8.48. The molecule has 0 aliphatic heterocycles. The van der Waals surface area contributed by atoms with Gasteiger partial charge in [-0.25, -0.2) is 9.97 Å². The maximum Gasteiger partial charge on any atom is 0.234 e. The summed E-state index contributed by atoms with van der Waals surface area (Å²) in [6, 6.07) is 9.73. The van der Waals surface area contributed by atoms with Gasteiger partial charge in [-0.3, -0.25) is 4.57 Å². The predicted octanol–water partition coefficient (Wildman–Crippen LogP) is 2.43. The van der Waals surface area contributed by atoms with Crippen LogP contribution in [0.3, 0.4) is 0 Å². The topological polar surface area (TPSA) is 39.9 Å². The minimum absolute atomic E-state index is 0.663. The van der Waals surface area contributed by atoms with Crippen LogP contribution in [0, 0.1) is 0 Å². The zero-order valence-corrected chi connectivity index (χ0v) is 9.37. The number of hydrogen-bond acceptors (Lipinski definition) is 3. The van der Waals surface area contributed by atoms with Gasteiger partial charge in [-0.05, 0) is 24.3 Å².